The number of nitrogens with zero attached hydrogens (tertiary/aromatic N) is 2. The Bertz CT molecular complexity index is 945. The summed E-state index contributed by atoms with van der Waals surface area (Å²) < 4.78 is 5.80. The Labute approximate surface area is 185 Å². The summed E-state index contributed by atoms with van der Waals surface area (Å²) in [5.41, 5.74) is 5.23. The number of hydrogen-bond donors (Lipinski definition) is 1. The minimum absolute atomic E-state index is 0.194. The number of fused-ring (bicyclic) bond motifs is 1. The summed E-state index contributed by atoms with van der Waals surface area (Å²) in [5.74, 6) is 1.45. The zero-order valence-electron chi connectivity index (χ0n) is 18.5. The van der Waals surface area contributed by atoms with Gasteiger partial charge in [-0.05, 0) is 67.3 Å². The molecule has 3 aliphatic rings. The predicted octanol–water partition coefficient (Wildman–Crippen LogP) is 4.00. The SMILES string of the molecule is COc1cc2c(cc1CN1C[C@@H](c3cccnc3)[C@@]3(CCCCC(=O)N3)C1)CCCC2. The average Bonchev–Trinajstić information content (AvgIpc) is 3.02. The second kappa shape index (κ2) is 8.62. The number of benzene rings is 1. The molecule has 1 spiro atoms. The number of amides is 1. The van der Waals surface area contributed by atoms with Gasteiger partial charge in [0.25, 0.3) is 0 Å². The Hall–Kier alpha value is -2.40. The lowest BCUT2D eigenvalue weighted by molar-refractivity contribution is -0.122. The topological polar surface area (TPSA) is 54.5 Å². The molecule has 1 aromatic heterocycles. The molecule has 2 fully saturated rings. The van der Waals surface area contributed by atoms with Crippen LogP contribution < -0.4 is 10.1 Å². The predicted molar refractivity (Wildman–Crippen MR) is 121 cm³/mol. The fourth-order valence-corrected chi connectivity index (χ4v) is 6.01. The summed E-state index contributed by atoms with van der Waals surface area (Å²) in [6.45, 7) is 2.65. The molecule has 5 rings (SSSR count). The van der Waals surface area contributed by atoms with Gasteiger partial charge in [0.1, 0.15) is 5.75 Å². The van der Waals surface area contributed by atoms with E-state index in [0.29, 0.717) is 6.42 Å². The molecule has 1 amide bonds. The van der Waals surface area contributed by atoms with Crippen LogP contribution in [0, 0.1) is 0 Å². The number of ether oxygens (including phenoxy) is 1. The molecule has 0 unspecified atom stereocenters. The quantitative estimate of drug-likeness (QED) is 0.814. The lowest BCUT2D eigenvalue weighted by Gasteiger charge is -2.35. The summed E-state index contributed by atoms with van der Waals surface area (Å²) >= 11 is 0. The van der Waals surface area contributed by atoms with Crippen molar-refractivity contribution in [2.24, 2.45) is 0 Å². The molecular weight excluding hydrogens is 386 g/mol. The van der Waals surface area contributed by atoms with Gasteiger partial charge in [0, 0.05) is 49.9 Å². The molecule has 3 heterocycles. The van der Waals surface area contributed by atoms with Crippen molar-refractivity contribution in [1.29, 1.82) is 0 Å². The Balaban J connectivity index is 1.45. The van der Waals surface area contributed by atoms with Crippen molar-refractivity contribution in [3.63, 3.8) is 0 Å². The molecule has 0 radical (unpaired) electrons. The lowest BCUT2D eigenvalue weighted by Crippen LogP contribution is -2.52. The standard InChI is InChI=1S/C26H33N3O2/c1-31-24-14-20-8-3-2-7-19(20)13-22(24)16-29-17-23(21-9-6-12-27-15-21)26(18-29)11-5-4-10-25(30)28-26/h6,9,12-15,23H,2-5,7-8,10-11,16-18H2,1H3,(H,28,30)/t23-,26+/m0/s1. The van der Waals surface area contributed by atoms with Crippen molar-refractivity contribution in [3.05, 3.63) is 58.9 Å². The average molecular weight is 420 g/mol. The number of pyridine rings is 1. The molecule has 2 aromatic rings. The van der Waals surface area contributed by atoms with Gasteiger partial charge in [-0.1, -0.05) is 18.6 Å². The number of aryl methyl sites for hydroxylation is 2. The molecule has 31 heavy (non-hydrogen) atoms. The number of methoxy groups -OCH3 is 1. The number of nitrogens with one attached hydrogen (secondary N) is 1. The van der Waals surface area contributed by atoms with E-state index in [1.165, 1.54) is 41.5 Å². The highest BCUT2D eigenvalue weighted by molar-refractivity contribution is 5.77. The van der Waals surface area contributed by atoms with E-state index in [9.17, 15) is 4.79 Å². The van der Waals surface area contributed by atoms with Gasteiger partial charge in [0.05, 0.1) is 12.6 Å². The van der Waals surface area contributed by atoms with E-state index in [1.807, 2.05) is 18.5 Å². The van der Waals surface area contributed by atoms with Gasteiger partial charge in [0.15, 0.2) is 0 Å². The second-order valence-corrected chi connectivity index (χ2v) is 9.56. The third-order valence-corrected chi connectivity index (χ3v) is 7.50. The number of rotatable bonds is 4. The van der Waals surface area contributed by atoms with Crippen molar-refractivity contribution in [1.82, 2.24) is 15.2 Å². The molecule has 5 nitrogen and oxygen atoms in total. The van der Waals surface area contributed by atoms with E-state index in [2.05, 4.69) is 33.4 Å². The number of carbonyl (C=O) groups is 1. The highest BCUT2D eigenvalue weighted by atomic mass is 16.5. The number of likely N-dealkylation sites (tertiary alicyclic amines) is 1. The normalized spacial score (nSPS) is 26.4. The van der Waals surface area contributed by atoms with Crippen molar-refractivity contribution in [3.8, 4) is 5.75 Å². The maximum atomic E-state index is 12.6. The van der Waals surface area contributed by atoms with Crippen LogP contribution in [0.15, 0.2) is 36.7 Å². The minimum atomic E-state index is -0.210. The highest BCUT2D eigenvalue weighted by Crippen LogP contribution is 2.42. The van der Waals surface area contributed by atoms with E-state index in [0.717, 1.165) is 51.1 Å². The molecule has 1 aliphatic carbocycles. The summed E-state index contributed by atoms with van der Waals surface area (Å²) in [4.78, 5) is 19.5. The summed E-state index contributed by atoms with van der Waals surface area (Å²) in [6.07, 6.45) is 12.4. The van der Waals surface area contributed by atoms with E-state index < -0.39 is 0 Å². The van der Waals surface area contributed by atoms with Gasteiger partial charge in [-0.25, -0.2) is 0 Å². The van der Waals surface area contributed by atoms with Gasteiger partial charge in [-0.2, -0.15) is 0 Å². The van der Waals surface area contributed by atoms with Gasteiger partial charge in [0.2, 0.25) is 5.91 Å². The van der Waals surface area contributed by atoms with E-state index in [-0.39, 0.29) is 17.4 Å². The molecule has 0 saturated carbocycles. The Morgan fingerprint density at radius 1 is 1.16 bits per heavy atom. The first-order valence-corrected chi connectivity index (χ1v) is 11.8. The molecule has 2 atom stereocenters. The van der Waals surface area contributed by atoms with Crippen molar-refractivity contribution in [2.45, 2.75) is 69.4 Å². The highest BCUT2D eigenvalue weighted by Gasteiger charge is 2.48. The molecule has 2 aliphatic heterocycles. The Morgan fingerprint density at radius 2 is 1.97 bits per heavy atom. The van der Waals surface area contributed by atoms with Crippen molar-refractivity contribution < 1.29 is 9.53 Å². The fourth-order valence-electron chi connectivity index (χ4n) is 6.01. The minimum Gasteiger partial charge on any atom is -0.496 e. The molecule has 2 saturated heterocycles. The first-order chi connectivity index (χ1) is 15.2. The van der Waals surface area contributed by atoms with Crippen LogP contribution in [-0.4, -0.2) is 41.5 Å². The molecular formula is C26H33N3O2. The van der Waals surface area contributed by atoms with Crippen LogP contribution >= 0.6 is 0 Å². The Kier molecular flexibility index (Phi) is 5.70. The van der Waals surface area contributed by atoms with Gasteiger partial charge in [-0.15, -0.1) is 0 Å². The van der Waals surface area contributed by atoms with Crippen LogP contribution in [0.4, 0.5) is 0 Å². The van der Waals surface area contributed by atoms with E-state index in [4.69, 9.17) is 4.74 Å². The summed E-state index contributed by atoms with van der Waals surface area (Å²) in [7, 11) is 1.78. The zero-order valence-corrected chi connectivity index (χ0v) is 18.5. The van der Waals surface area contributed by atoms with Gasteiger partial charge < -0.3 is 10.1 Å². The summed E-state index contributed by atoms with van der Waals surface area (Å²) in [6, 6.07) is 8.82. The smallest absolute Gasteiger partial charge is 0.220 e. The zero-order chi connectivity index (χ0) is 21.3. The van der Waals surface area contributed by atoms with Gasteiger partial charge in [-0.3, -0.25) is 14.7 Å². The maximum absolute atomic E-state index is 12.6. The van der Waals surface area contributed by atoms with Crippen LogP contribution in [0.3, 0.4) is 0 Å². The maximum Gasteiger partial charge on any atom is 0.220 e. The van der Waals surface area contributed by atoms with E-state index >= 15 is 0 Å². The number of aromatic nitrogens is 1. The lowest BCUT2D eigenvalue weighted by atomic mass is 9.79. The van der Waals surface area contributed by atoms with Crippen molar-refractivity contribution in [2.75, 3.05) is 20.2 Å². The van der Waals surface area contributed by atoms with Crippen LogP contribution in [0.25, 0.3) is 0 Å². The number of hydrogen-bond acceptors (Lipinski definition) is 4. The van der Waals surface area contributed by atoms with Crippen LogP contribution in [0.2, 0.25) is 0 Å². The Morgan fingerprint density at radius 3 is 2.74 bits per heavy atom. The first-order valence-electron chi connectivity index (χ1n) is 11.8. The van der Waals surface area contributed by atoms with Crippen LogP contribution in [-0.2, 0) is 24.2 Å². The molecule has 0 bridgehead atoms. The third-order valence-electron chi connectivity index (χ3n) is 7.50. The molecule has 5 heteroatoms. The molecule has 164 valence electrons. The van der Waals surface area contributed by atoms with Gasteiger partial charge >= 0.3 is 0 Å². The van der Waals surface area contributed by atoms with Crippen LogP contribution in [0.5, 0.6) is 5.75 Å². The summed E-state index contributed by atoms with van der Waals surface area (Å²) in [5, 5.41) is 3.46. The first kappa shape index (κ1) is 20.5. The molecule has 1 aromatic carbocycles. The second-order valence-electron chi connectivity index (χ2n) is 9.56. The van der Waals surface area contributed by atoms with E-state index in [1.54, 1.807) is 7.11 Å². The largest absolute Gasteiger partial charge is 0.496 e. The molecule has 1 N–H and O–H groups in total. The fraction of sp³-hybridized carbons (Fsp3) is 0.538. The third kappa shape index (κ3) is 4.08. The number of carbonyl (C=O) groups excluding carboxylic acids is 1. The monoisotopic (exact) mass is 419 g/mol. The van der Waals surface area contributed by atoms with Crippen LogP contribution in [0.1, 0.15) is 66.7 Å². The van der Waals surface area contributed by atoms with Crippen molar-refractivity contribution >= 4 is 5.91 Å².